The van der Waals surface area contributed by atoms with Crippen LogP contribution in [0.5, 0.6) is 0 Å². The third kappa shape index (κ3) is 3.90. The van der Waals surface area contributed by atoms with Crippen LogP contribution in [0, 0.1) is 0 Å². The fraction of sp³-hybridized carbons (Fsp3) is 0.471. The summed E-state index contributed by atoms with van der Waals surface area (Å²) < 4.78 is 0. The number of nitrogens with one attached hydrogen (secondary N) is 2. The summed E-state index contributed by atoms with van der Waals surface area (Å²) in [5.41, 5.74) is -1.22. The highest BCUT2D eigenvalue weighted by Gasteiger charge is 2.49. The summed E-state index contributed by atoms with van der Waals surface area (Å²) in [6.45, 7) is 6.91. The Morgan fingerprint density at radius 1 is 1.28 bits per heavy atom. The van der Waals surface area contributed by atoms with Gasteiger partial charge >= 0.3 is 6.03 Å². The molecule has 0 aromatic heterocycles. The summed E-state index contributed by atoms with van der Waals surface area (Å²) in [5.74, 6) is -0.908. The van der Waals surface area contributed by atoms with Gasteiger partial charge in [-0.15, -0.1) is 0 Å². The fourth-order valence-electron chi connectivity index (χ4n) is 2.49. The summed E-state index contributed by atoms with van der Waals surface area (Å²) in [4.78, 5) is 38.1. The van der Waals surface area contributed by atoms with Crippen LogP contribution >= 0.6 is 23.2 Å². The van der Waals surface area contributed by atoms with Crippen molar-refractivity contribution in [3.63, 3.8) is 0 Å². The van der Waals surface area contributed by atoms with Crippen molar-refractivity contribution < 1.29 is 14.4 Å². The van der Waals surface area contributed by atoms with E-state index in [9.17, 15) is 14.4 Å². The van der Waals surface area contributed by atoms with Crippen LogP contribution in [0.1, 0.15) is 39.7 Å². The van der Waals surface area contributed by atoms with Crippen molar-refractivity contribution in [3.8, 4) is 0 Å². The Bertz CT molecular complexity index is 736. The van der Waals surface area contributed by atoms with Crippen molar-refractivity contribution >= 4 is 41.0 Å². The van der Waals surface area contributed by atoms with Crippen molar-refractivity contribution in [3.05, 3.63) is 33.8 Å². The second-order valence-corrected chi connectivity index (χ2v) is 7.68. The number of amides is 4. The highest BCUT2D eigenvalue weighted by Crippen LogP contribution is 2.32. The zero-order chi connectivity index (χ0) is 19.0. The van der Waals surface area contributed by atoms with Crippen LogP contribution in [0.2, 0.25) is 10.0 Å². The predicted octanol–water partition coefficient (Wildman–Crippen LogP) is 3.07. The first-order valence-corrected chi connectivity index (χ1v) is 8.66. The third-order valence-corrected chi connectivity index (χ3v) is 5.17. The van der Waals surface area contributed by atoms with Crippen molar-refractivity contribution in [1.82, 2.24) is 15.5 Å². The molecule has 4 amide bonds. The molecule has 2 N–H and O–H groups in total. The lowest BCUT2D eigenvalue weighted by Gasteiger charge is -2.26. The molecule has 1 aromatic carbocycles. The third-order valence-electron chi connectivity index (χ3n) is 4.44. The Hall–Kier alpha value is -1.79. The van der Waals surface area contributed by atoms with Gasteiger partial charge in [-0.1, -0.05) is 36.2 Å². The highest BCUT2D eigenvalue weighted by molar-refractivity contribution is 6.42. The van der Waals surface area contributed by atoms with Gasteiger partial charge in [-0.25, -0.2) is 4.79 Å². The van der Waals surface area contributed by atoms with E-state index >= 15 is 0 Å². The zero-order valence-electron chi connectivity index (χ0n) is 14.6. The Balaban J connectivity index is 2.21. The van der Waals surface area contributed by atoms with Crippen LogP contribution in [-0.4, -0.2) is 34.8 Å². The van der Waals surface area contributed by atoms with Crippen LogP contribution < -0.4 is 10.6 Å². The van der Waals surface area contributed by atoms with Crippen molar-refractivity contribution in [2.45, 2.75) is 45.2 Å². The largest absolute Gasteiger partial charge is 0.350 e. The quantitative estimate of drug-likeness (QED) is 0.764. The van der Waals surface area contributed by atoms with Gasteiger partial charge in [-0.2, -0.15) is 0 Å². The molecule has 1 fully saturated rings. The minimum Gasteiger partial charge on any atom is -0.350 e. The van der Waals surface area contributed by atoms with E-state index in [0.717, 1.165) is 11.3 Å². The maximum atomic E-state index is 12.8. The summed E-state index contributed by atoms with van der Waals surface area (Å²) in [6, 6.07) is 4.09. The smallest absolute Gasteiger partial charge is 0.325 e. The minimum atomic E-state index is -1.30. The minimum absolute atomic E-state index is 0.281. The molecule has 0 spiro atoms. The monoisotopic (exact) mass is 385 g/mol. The molecule has 1 aliphatic heterocycles. The van der Waals surface area contributed by atoms with Crippen molar-refractivity contribution in [2.75, 3.05) is 6.54 Å². The maximum Gasteiger partial charge on any atom is 0.325 e. The molecule has 0 bridgehead atoms. The first kappa shape index (κ1) is 19.5. The Morgan fingerprint density at radius 3 is 2.48 bits per heavy atom. The number of imide groups is 1. The van der Waals surface area contributed by atoms with Gasteiger partial charge in [0.1, 0.15) is 12.1 Å². The number of carbonyl (C=O) groups is 3. The molecule has 1 atom stereocenters. The van der Waals surface area contributed by atoms with Crippen LogP contribution in [0.3, 0.4) is 0 Å². The molecule has 0 radical (unpaired) electrons. The van der Waals surface area contributed by atoms with Crippen molar-refractivity contribution in [2.24, 2.45) is 0 Å². The number of halogens is 2. The predicted molar refractivity (Wildman–Crippen MR) is 96.6 cm³/mol. The number of hydrogen-bond donors (Lipinski definition) is 2. The van der Waals surface area contributed by atoms with Gasteiger partial charge in [0, 0.05) is 5.54 Å². The van der Waals surface area contributed by atoms with Gasteiger partial charge in [0.05, 0.1) is 10.0 Å². The summed E-state index contributed by atoms with van der Waals surface area (Å²) >= 11 is 11.9. The number of carbonyl (C=O) groups excluding carboxylic acids is 3. The number of benzene rings is 1. The normalized spacial score (nSPS) is 20.6. The average Bonchev–Trinajstić information content (AvgIpc) is 2.74. The van der Waals surface area contributed by atoms with Gasteiger partial charge in [0.25, 0.3) is 5.91 Å². The van der Waals surface area contributed by atoms with Gasteiger partial charge in [0.15, 0.2) is 0 Å². The molecule has 1 aliphatic rings. The molecule has 1 aromatic rings. The molecular weight excluding hydrogens is 365 g/mol. The van der Waals surface area contributed by atoms with Gasteiger partial charge < -0.3 is 10.6 Å². The topological polar surface area (TPSA) is 78.5 Å². The standard InChI is InChI=1S/C17H21Cl2N3O3/c1-5-16(2,3)20-13(23)9-22-14(24)17(4,21-15(22)25)10-6-7-11(18)12(19)8-10/h6-8H,5,9H2,1-4H3,(H,20,23)(H,21,25). The van der Waals surface area contributed by atoms with Gasteiger partial charge in [0.2, 0.25) is 5.91 Å². The number of hydrogen-bond acceptors (Lipinski definition) is 3. The molecule has 6 nitrogen and oxygen atoms in total. The van der Waals surface area contributed by atoms with E-state index in [4.69, 9.17) is 23.2 Å². The summed E-state index contributed by atoms with van der Waals surface area (Å²) in [7, 11) is 0. The van der Waals surface area contributed by atoms with Gasteiger partial charge in [-0.05, 0) is 44.9 Å². The lowest BCUT2D eigenvalue weighted by molar-refractivity contribution is -0.135. The second-order valence-electron chi connectivity index (χ2n) is 6.86. The SMILES string of the molecule is CCC(C)(C)NC(=O)CN1C(=O)NC(C)(c2ccc(Cl)c(Cl)c2)C1=O. The molecule has 0 aliphatic carbocycles. The zero-order valence-corrected chi connectivity index (χ0v) is 16.1. The Labute approximate surface area is 156 Å². The number of urea groups is 1. The molecule has 25 heavy (non-hydrogen) atoms. The first-order valence-electron chi connectivity index (χ1n) is 7.91. The lowest BCUT2D eigenvalue weighted by atomic mass is 9.92. The number of nitrogens with zero attached hydrogens (tertiary/aromatic N) is 1. The fourth-order valence-corrected chi connectivity index (χ4v) is 2.79. The summed E-state index contributed by atoms with van der Waals surface area (Å²) in [6.07, 6.45) is 0.722. The molecule has 2 rings (SSSR count). The highest BCUT2D eigenvalue weighted by atomic mass is 35.5. The maximum absolute atomic E-state index is 12.8. The molecule has 0 saturated carbocycles. The van der Waals surface area contributed by atoms with Crippen LogP contribution in [0.25, 0.3) is 0 Å². The van der Waals surface area contributed by atoms with E-state index < -0.39 is 28.9 Å². The van der Waals surface area contributed by atoms with E-state index in [0.29, 0.717) is 10.6 Å². The molecule has 1 heterocycles. The molecular formula is C17H21Cl2N3O3. The molecule has 1 saturated heterocycles. The van der Waals surface area contributed by atoms with Crippen LogP contribution in [0.4, 0.5) is 4.79 Å². The molecule has 8 heteroatoms. The van der Waals surface area contributed by atoms with E-state index in [1.54, 1.807) is 19.1 Å². The Kier molecular flexibility index (Phi) is 5.35. The van der Waals surface area contributed by atoms with Crippen LogP contribution in [0.15, 0.2) is 18.2 Å². The van der Waals surface area contributed by atoms with Crippen molar-refractivity contribution in [1.29, 1.82) is 0 Å². The first-order chi connectivity index (χ1) is 11.5. The average molecular weight is 386 g/mol. The van der Waals surface area contributed by atoms with E-state index in [1.807, 2.05) is 20.8 Å². The van der Waals surface area contributed by atoms with E-state index in [-0.39, 0.29) is 11.6 Å². The van der Waals surface area contributed by atoms with Gasteiger partial charge in [-0.3, -0.25) is 14.5 Å². The second kappa shape index (κ2) is 6.84. The van der Waals surface area contributed by atoms with E-state index in [2.05, 4.69) is 10.6 Å². The summed E-state index contributed by atoms with van der Waals surface area (Å²) in [5, 5.41) is 6.07. The lowest BCUT2D eigenvalue weighted by Crippen LogP contribution is -2.49. The van der Waals surface area contributed by atoms with E-state index in [1.165, 1.54) is 6.07 Å². The molecule has 136 valence electrons. The Morgan fingerprint density at radius 2 is 1.92 bits per heavy atom. The number of rotatable bonds is 5. The van der Waals surface area contributed by atoms with Crippen LogP contribution in [-0.2, 0) is 15.1 Å². The molecule has 1 unspecified atom stereocenters.